The third-order valence-corrected chi connectivity index (χ3v) is 7.07. The van der Waals surface area contributed by atoms with E-state index in [9.17, 15) is 9.59 Å². The highest BCUT2D eigenvalue weighted by atomic mass is 32.1. The standard InChI is InChI=1S/C24H29N3O4S/c1-15-16(2)32-24-22(15)23(29)25-20(26-24)9-10-21(28)27(14-19-8-5-11-31-19)13-17-6-4-7-18(12-17)30-3/h4,6-7,12,19H,5,8-11,13-14H2,1-3H3,(H,25,26,29). The topological polar surface area (TPSA) is 84.5 Å². The van der Waals surface area contributed by atoms with Crippen LogP contribution in [0, 0.1) is 13.8 Å². The zero-order valence-corrected chi connectivity index (χ0v) is 19.6. The van der Waals surface area contributed by atoms with Crippen molar-refractivity contribution in [2.75, 3.05) is 20.3 Å². The van der Waals surface area contributed by atoms with Gasteiger partial charge in [-0.05, 0) is 49.9 Å². The molecule has 32 heavy (non-hydrogen) atoms. The van der Waals surface area contributed by atoms with Crippen LogP contribution < -0.4 is 10.3 Å². The molecule has 0 bridgehead atoms. The minimum atomic E-state index is -0.133. The average Bonchev–Trinajstić information content (AvgIpc) is 3.39. The van der Waals surface area contributed by atoms with Gasteiger partial charge >= 0.3 is 0 Å². The maximum absolute atomic E-state index is 13.2. The molecule has 1 unspecified atom stereocenters. The minimum absolute atomic E-state index is 0.0182. The Morgan fingerprint density at radius 2 is 2.22 bits per heavy atom. The fourth-order valence-corrected chi connectivity index (χ4v) is 5.13. The largest absolute Gasteiger partial charge is 0.497 e. The SMILES string of the molecule is COc1cccc(CN(CC2CCCO2)C(=O)CCc2nc3sc(C)c(C)c3c(=O)[nH]2)c1. The number of aromatic amines is 1. The first kappa shape index (κ1) is 22.5. The van der Waals surface area contributed by atoms with Gasteiger partial charge in [-0.1, -0.05) is 12.1 Å². The first-order valence-corrected chi connectivity index (χ1v) is 11.8. The van der Waals surface area contributed by atoms with Gasteiger partial charge in [0.2, 0.25) is 5.91 Å². The van der Waals surface area contributed by atoms with E-state index in [1.807, 2.05) is 43.0 Å². The molecule has 3 heterocycles. The average molecular weight is 456 g/mol. The van der Waals surface area contributed by atoms with E-state index in [-0.39, 0.29) is 24.0 Å². The van der Waals surface area contributed by atoms with Crippen LogP contribution in [0.4, 0.5) is 0 Å². The number of hydrogen-bond acceptors (Lipinski definition) is 6. The number of carbonyl (C=O) groups excluding carboxylic acids is 1. The van der Waals surface area contributed by atoms with E-state index in [4.69, 9.17) is 9.47 Å². The van der Waals surface area contributed by atoms with Crippen LogP contribution in [0.5, 0.6) is 5.75 Å². The Morgan fingerprint density at radius 3 is 2.97 bits per heavy atom. The van der Waals surface area contributed by atoms with Gasteiger partial charge in [0.25, 0.3) is 5.56 Å². The molecule has 1 atom stereocenters. The van der Waals surface area contributed by atoms with Gasteiger partial charge in [0.1, 0.15) is 16.4 Å². The van der Waals surface area contributed by atoms with Crippen LogP contribution in [0.3, 0.4) is 0 Å². The van der Waals surface area contributed by atoms with Crippen LogP contribution in [0.2, 0.25) is 0 Å². The molecule has 0 saturated carbocycles. The molecule has 1 aromatic carbocycles. The van der Waals surface area contributed by atoms with E-state index in [0.29, 0.717) is 30.7 Å². The molecule has 1 fully saturated rings. The van der Waals surface area contributed by atoms with Gasteiger partial charge in [0.05, 0.1) is 18.6 Å². The molecule has 0 spiro atoms. The summed E-state index contributed by atoms with van der Waals surface area (Å²) in [4.78, 5) is 36.9. The van der Waals surface area contributed by atoms with Crippen molar-refractivity contribution in [3.8, 4) is 5.75 Å². The number of fused-ring (bicyclic) bond motifs is 1. The Kier molecular flexibility index (Phi) is 6.91. The van der Waals surface area contributed by atoms with Crippen molar-refractivity contribution >= 4 is 27.5 Å². The molecule has 170 valence electrons. The Hall–Kier alpha value is -2.71. The summed E-state index contributed by atoms with van der Waals surface area (Å²) in [7, 11) is 1.63. The van der Waals surface area contributed by atoms with Gasteiger partial charge in [-0.15, -0.1) is 11.3 Å². The normalized spacial score (nSPS) is 15.9. The molecule has 7 nitrogen and oxygen atoms in total. The number of amides is 1. The zero-order valence-electron chi connectivity index (χ0n) is 18.8. The maximum Gasteiger partial charge on any atom is 0.259 e. The summed E-state index contributed by atoms with van der Waals surface area (Å²) in [5, 5.41) is 0.653. The molecular formula is C24H29N3O4S. The number of H-pyrrole nitrogens is 1. The lowest BCUT2D eigenvalue weighted by molar-refractivity contribution is -0.133. The molecule has 1 saturated heterocycles. The highest BCUT2D eigenvalue weighted by Crippen LogP contribution is 2.26. The van der Waals surface area contributed by atoms with Crippen LogP contribution in [0.15, 0.2) is 29.1 Å². The van der Waals surface area contributed by atoms with E-state index in [0.717, 1.165) is 46.0 Å². The van der Waals surface area contributed by atoms with Crippen LogP contribution >= 0.6 is 11.3 Å². The van der Waals surface area contributed by atoms with Crippen molar-refractivity contribution in [3.05, 3.63) is 56.4 Å². The number of aromatic nitrogens is 2. The predicted octanol–water partition coefficient (Wildman–Crippen LogP) is 3.75. The minimum Gasteiger partial charge on any atom is -0.497 e. The first-order valence-electron chi connectivity index (χ1n) is 11.0. The van der Waals surface area contributed by atoms with Gasteiger partial charge in [-0.2, -0.15) is 0 Å². The molecule has 8 heteroatoms. The van der Waals surface area contributed by atoms with Gasteiger partial charge in [-0.25, -0.2) is 4.98 Å². The molecule has 3 aromatic rings. The predicted molar refractivity (Wildman–Crippen MR) is 125 cm³/mol. The highest BCUT2D eigenvalue weighted by molar-refractivity contribution is 7.18. The molecule has 4 rings (SSSR count). The van der Waals surface area contributed by atoms with Gasteiger partial charge in [0.15, 0.2) is 0 Å². The maximum atomic E-state index is 13.2. The van der Waals surface area contributed by atoms with Gasteiger partial charge in [0, 0.05) is 37.4 Å². The quantitative estimate of drug-likeness (QED) is 0.559. The van der Waals surface area contributed by atoms with E-state index < -0.39 is 0 Å². The van der Waals surface area contributed by atoms with Crippen molar-refractivity contribution in [1.82, 2.24) is 14.9 Å². The van der Waals surface area contributed by atoms with Crippen molar-refractivity contribution in [1.29, 1.82) is 0 Å². The number of ether oxygens (including phenoxy) is 2. The summed E-state index contributed by atoms with van der Waals surface area (Å²) in [5.41, 5.74) is 1.85. The lowest BCUT2D eigenvalue weighted by Crippen LogP contribution is -2.37. The summed E-state index contributed by atoms with van der Waals surface area (Å²) in [6.45, 7) is 5.73. The zero-order chi connectivity index (χ0) is 22.7. The number of aryl methyl sites for hydroxylation is 3. The summed E-state index contributed by atoms with van der Waals surface area (Å²) >= 11 is 1.52. The van der Waals surface area contributed by atoms with Crippen LogP contribution in [-0.2, 0) is 22.5 Å². The molecular weight excluding hydrogens is 426 g/mol. The number of rotatable bonds is 8. The van der Waals surface area contributed by atoms with Crippen LogP contribution in [0.1, 0.15) is 41.1 Å². The van der Waals surface area contributed by atoms with Crippen molar-refractivity contribution < 1.29 is 14.3 Å². The van der Waals surface area contributed by atoms with Crippen molar-refractivity contribution in [2.24, 2.45) is 0 Å². The van der Waals surface area contributed by atoms with E-state index in [2.05, 4.69) is 9.97 Å². The summed E-state index contributed by atoms with van der Waals surface area (Å²) in [6, 6.07) is 7.76. The number of nitrogens with zero attached hydrogens (tertiary/aromatic N) is 2. The molecule has 0 aliphatic carbocycles. The Balaban J connectivity index is 1.49. The van der Waals surface area contributed by atoms with Gasteiger partial charge in [-0.3, -0.25) is 9.59 Å². The molecule has 0 radical (unpaired) electrons. The lowest BCUT2D eigenvalue weighted by atomic mass is 10.1. The van der Waals surface area contributed by atoms with E-state index in [1.165, 1.54) is 11.3 Å². The molecule has 2 aromatic heterocycles. The molecule has 1 aliphatic heterocycles. The van der Waals surface area contributed by atoms with E-state index in [1.54, 1.807) is 7.11 Å². The summed E-state index contributed by atoms with van der Waals surface area (Å²) in [5.74, 6) is 1.34. The third-order valence-electron chi connectivity index (χ3n) is 5.97. The number of hydrogen-bond donors (Lipinski definition) is 1. The number of benzene rings is 1. The van der Waals surface area contributed by atoms with Crippen molar-refractivity contribution in [3.63, 3.8) is 0 Å². The second-order valence-electron chi connectivity index (χ2n) is 8.24. The highest BCUT2D eigenvalue weighted by Gasteiger charge is 2.23. The number of methoxy groups -OCH3 is 1. The second kappa shape index (κ2) is 9.83. The first-order chi connectivity index (χ1) is 15.4. The number of thiophene rings is 1. The van der Waals surface area contributed by atoms with Gasteiger partial charge < -0.3 is 19.4 Å². The smallest absolute Gasteiger partial charge is 0.259 e. The Bertz CT molecular complexity index is 1160. The molecule has 1 amide bonds. The third kappa shape index (κ3) is 5.02. The summed E-state index contributed by atoms with van der Waals surface area (Å²) in [6.07, 6.45) is 2.71. The Labute approximate surface area is 191 Å². The fourth-order valence-electron chi connectivity index (χ4n) is 4.08. The number of carbonyl (C=O) groups is 1. The van der Waals surface area contributed by atoms with E-state index >= 15 is 0 Å². The summed E-state index contributed by atoms with van der Waals surface area (Å²) < 4.78 is 11.1. The van der Waals surface area contributed by atoms with Crippen molar-refractivity contribution in [2.45, 2.75) is 52.2 Å². The monoisotopic (exact) mass is 455 g/mol. The fraction of sp³-hybridized carbons (Fsp3) is 0.458. The number of nitrogens with one attached hydrogen (secondary N) is 1. The molecule has 1 aliphatic rings. The van der Waals surface area contributed by atoms with Crippen LogP contribution in [0.25, 0.3) is 10.2 Å². The van der Waals surface area contributed by atoms with Crippen LogP contribution in [-0.4, -0.2) is 47.1 Å². The molecule has 1 N–H and O–H groups in total. The second-order valence-corrected chi connectivity index (χ2v) is 9.44. The lowest BCUT2D eigenvalue weighted by Gasteiger charge is -2.26. The Morgan fingerprint density at radius 1 is 1.38 bits per heavy atom.